The van der Waals surface area contributed by atoms with Crippen molar-refractivity contribution in [2.24, 2.45) is 5.41 Å². The first-order chi connectivity index (χ1) is 6.18. The minimum absolute atomic E-state index is 0.502. The second kappa shape index (κ2) is 4.99. The number of hydrogen-bond donors (Lipinski definition) is 1. The van der Waals surface area contributed by atoms with Crippen molar-refractivity contribution < 1.29 is 4.74 Å². The van der Waals surface area contributed by atoms with Crippen LogP contribution in [0.25, 0.3) is 0 Å². The van der Waals surface area contributed by atoms with Crippen molar-refractivity contribution in [3.05, 3.63) is 11.6 Å². The van der Waals surface area contributed by atoms with Gasteiger partial charge in [-0.1, -0.05) is 18.2 Å². The molecule has 0 radical (unpaired) electrons. The van der Waals surface area contributed by atoms with Crippen molar-refractivity contribution in [3.8, 4) is 0 Å². The van der Waals surface area contributed by atoms with Gasteiger partial charge in [0.1, 0.15) is 0 Å². The third kappa shape index (κ3) is 4.12. The molecule has 76 valence electrons. The lowest BCUT2D eigenvalue weighted by Gasteiger charge is -2.14. The quantitative estimate of drug-likeness (QED) is 0.685. The summed E-state index contributed by atoms with van der Waals surface area (Å²) in [5.41, 5.74) is 0.502. The molecule has 0 aromatic rings. The van der Waals surface area contributed by atoms with Gasteiger partial charge in [-0.25, -0.2) is 0 Å². The van der Waals surface area contributed by atoms with Crippen molar-refractivity contribution in [3.63, 3.8) is 0 Å². The fourth-order valence-electron chi connectivity index (χ4n) is 1.47. The van der Waals surface area contributed by atoms with Crippen LogP contribution in [-0.2, 0) is 4.74 Å². The number of hydrogen-bond acceptors (Lipinski definition) is 2. The average molecular weight is 204 g/mol. The summed E-state index contributed by atoms with van der Waals surface area (Å²) in [6.45, 7) is 6.26. The standard InChI is InChI=1S/C10H18ClNO/c1-9(11)7-12-8-10(3-4-10)5-6-13-2/h12H,1,3-8H2,2H3. The Balaban J connectivity index is 2.09. The van der Waals surface area contributed by atoms with Gasteiger partial charge in [-0.15, -0.1) is 0 Å². The minimum atomic E-state index is 0.502. The van der Waals surface area contributed by atoms with Gasteiger partial charge in [-0.3, -0.25) is 0 Å². The van der Waals surface area contributed by atoms with Gasteiger partial charge < -0.3 is 10.1 Å². The van der Waals surface area contributed by atoms with Crippen molar-refractivity contribution in [1.82, 2.24) is 5.32 Å². The first-order valence-electron chi connectivity index (χ1n) is 4.71. The van der Waals surface area contributed by atoms with Crippen molar-refractivity contribution in [2.45, 2.75) is 19.3 Å². The molecular formula is C10H18ClNO. The van der Waals surface area contributed by atoms with Crippen LogP contribution < -0.4 is 5.32 Å². The third-order valence-corrected chi connectivity index (χ3v) is 2.74. The number of ether oxygens (including phenoxy) is 1. The number of nitrogens with one attached hydrogen (secondary N) is 1. The molecule has 1 aliphatic carbocycles. The lowest BCUT2D eigenvalue weighted by Crippen LogP contribution is -2.25. The lowest BCUT2D eigenvalue weighted by atomic mass is 10.0. The van der Waals surface area contributed by atoms with E-state index in [1.165, 1.54) is 12.8 Å². The molecule has 0 aromatic carbocycles. The summed E-state index contributed by atoms with van der Waals surface area (Å²) in [4.78, 5) is 0. The first-order valence-corrected chi connectivity index (χ1v) is 5.09. The van der Waals surface area contributed by atoms with Crippen LogP contribution in [0.5, 0.6) is 0 Å². The zero-order valence-electron chi connectivity index (χ0n) is 8.24. The molecule has 0 aliphatic heterocycles. The molecule has 0 bridgehead atoms. The molecule has 1 N–H and O–H groups in total. The van der Waals surface area contributed by atoms with Gasteiger partial charge in [0.2, 0.25) is 0 Å². The van der Waals surface area contributed by atoms with E-state index in [0.717, 1.165) is 26.1 Å². The van der Waals surface area contributed by atoms with Crippen LogP contribution >= 0.6 is 11.6 Å². The van der Waals surface area contributed by atoms with E-state index in [4.69, 9.17) is 16.3 Å². The molecule has 2 nitrogen and oxygen atoms in total. The molecule has 1 rings (SSSR count). The summed E-state index contributed by atoms with van der Waals surface area (Å²) in [6, 6.07) is 0. The molecular weight excluding hydrogens is 186 g/mol. The van der Waals surface area contributed by atoms with E-state index in [2.05, 4.69) is 11.9 Å². The van der Waals surface area contributed by atoms with Gasteiger partial charge in [-0.05, 0) is 24.7 Å². The fourth-order valence-corrected chi connectivity index (χ4v) is 1.57. The molecule has 0 unspecified atom stereocenters. The minimum Gasteiger partial charge on any atom is -0.385 e. The Hall–Kier alpha value is -0.0500. The summed E-state index contributed by atoms with van der Waals surface area (Å²) in [5.74, 6) is 0. The van der Waals surface area contributed by atoms with Crippen LogP contribution in [-0.4, -0.2) is 26.8 Å². The molecule has 1 aliphatic rings. The van der Waals surface area contributed by atoms with E-state index >= 15 is 0 Å². The van der Waals surface area contributed by atoms with Crippen LogP contribution in [0, 0.1) is 5.41 Å². The Kier molecular flexibility index (Phi) is 4.23. The van der Waals surface area contributed by atoms with E-state index < -0.39 is 0 Å². The average Bonchev–Trinajstić information content (AvgIpc) is 2.82. The Morgan fingerprint density at radius 2 is 2.31 bits per heavy atom. The Bertz CT molecular complexity index is 178. The highest BCUT2D eigenvalue weighted by molar-refractivity contribution is 6.29. The monoisotopic (exact) mass is 203 g/mol. The highest BCUT2D eigenvalue weighted by Crippen LogP contribution is 2.48. The van der Waals surface area contributed by atoms with Crippen LogP contribution in [0.15, 0.2) is 11.6 Å². The van der Waals surface area contributed by atoms with E-state index in [1.807, 2.05) is 0 Å². The SMILES string of the molecule is C=C(Cl)CNCC1(CCOC)CC1. The predicted molar refractivity (Wildman–Crippen MR) is 56.0 cm³/mol. The zero-order valence-corrected chi connectivity index (χ0v) is 8.99. The molecule has 1 fully saturated rings. The van der Waals surface area contributed by atoms with E-state index in [9.17, 15) is 0 Å². The van der Waals surface area contributed by atoms with Crippen LogP contribution in [0.1, 0.15) is 19.3 Å². The zero-order chi connectivity index (χ0) is 9.73. The molecule has 0 atom stereocenters. The molecule has 0 spiro atoms. The number of rotatable bonds is 7. The Morgan fingerprint density at radius 3 is 2.77 bits per heavy atom. The molecule has 13 heavy (non-hydrogen) atoms. The van der Waals surface area contributed by atoms with E-state index in [-0.39, 0.29) is 0 Å². The van der Waals surface area contributed by atoms with Gasteiger partial charge in [-0.2, -0.15) is 0 Å². The van der Waals surface area contributed by atoms with Crippen LogP contribution in [0.2, 0.25) is 0 Å². The van der Waals surface area contributed by atoms with Gasteiger partial charge in [0.05, 0.1) is 0 Å². The lowest BCUT2D eigenvalue weighted by molar-refractivity contribution is 0.171. The highest BCUT2D eigenvalue weighted by atomic mass is 35.5. The summed E-state index contributed by atoms with van der Waals surface area (Å²) < 4.78 is 5.07. The first kappa shape index (κ1) is 11.0. The van der Waals surface area contributed by atoms with Gasteiger partial charge in [0.25, 0.3) is 0 Å². The van der Waals surface area contributed by atoms with Gasteiger partial charge in [0.15, 0.2) is 0 Å². The summed E-state index contributed by atoms with van der Waals surface area (Å²) >= 11 is 5.65. The number of methoxy groups -OCH3 is 1. The van der Waals surface area contributed by atoms with E-state index in [0.29, 0.717) is 10.4 Å². The molecule has 0 amide bonds. The van der Waals surface area contributed by atoms with E-state index in [1.54, 1.807) is 7.11 Å². The number of halogens is 1. The topological polar surface area (TPSA) is 21.3 Å². The summed E-state index contributed by atoms with van der Waals surface area (Å²) in [7, 11) is 1.75. The maximum absolute atomic E-state index is 5.65. The maximum atomic E-state index is 5.65. The molecule has 3 heteroatoms. The van der Waals surface area contributed by atoms with Crippen molar-refractivity contribution in [2.75, 3.05) is 26.8 Å². The van der Waals surface area contributed by atoms with Crippen molar-refractivity contribution >= 4 is 11.6 Å². The smallest absolute Gasteiger partial charge is 0.0468 e. The summed E-state index contributed by atoms with van der Waals surface area (Å²) in [6.07, 6.45) is 3.79. The molecule has 0 aromatic heterocycles. The van der Waals surface area contributed by atoms with Gasteiger partial charge >= 0.3 is 0 Å². The van der Waals surface area contributed by atoms with Crippen molar-refractivity contribution in [1.29, 1.82) is 0 Å². The Morgan fingerprint density at radius 1 is 1.62 bits per heavy atom. The largest absolute Gasteiger partial charge is 0.385 e. The Labute approximate surface area is 85.3 Å². The molecule has 0 saturated heterocycles. The third-order valence-electron chi connectivity index (χ3n) is 2.61. The predicted octanol–water partition coefficient (Wildman–Crippen LogP) is 2.15. The molecule has 0 heterocycles. The fraction of sp³-hybridized carbons (Fsp3) is 0.800. The van der Waals surface area contributed by atoms with Crippen LogP contribution in [0.4, 0.5) is 0 Å². The second-order valence-electron chi connectivity index (χ2n) is 3.86. The summed E-state index contributed by atoms with van der Waals surface area (Å²) in [5, 5.41) is 3.99. The highest BCUT2D eigenvalue weighted by Gasteiger charge is 2.41. The normalized spacial score (nSPS) is 18.6. The second-order valence-corrected chi connectivity index (χ2v) is 4.40. The van der Waals surface area contributed by atoms with Gasteiger partial charge in [0, 0.05) is 31.8 Å². The maximum Gasteiger partial charge on any atom is 0.0468 e. The van der Waals surface area contributed by atoms with Crippen LogP contribution in [0.3, 0.4) is 0 Å². The molecule has 1 saturated carbocycles.